The third-order valence-electron chi connectivity index (χ3n) is 6.78. The maximum Gasteiger partial charge on any atom is 0.286 e. The zero-order valence-electron chi connectivity index (χ0n) is 20.0. The van der Waals surface area contributed by atoms with Gasteiger partial charge >= 0.3 is 0 Å². The molecule has 0 N–H and O–H groups in total. The highest BCUT2D eigenvalue weighted by Crippen LogP contribution is 2.45. The Morgan fingerprint density at radius 3 is 2.72 bits per heavy atom. The van der Waals surface area contributed by atoms with Crippen LogP contribution in [0.5, 0.6) is 5.75 Å². The van der Waals surface area contributed by atoms with E-state index < -0.39 is 0 Å². The normalized spacial score (nSPS) is 19.0. The van der Waals surface area contributed by atoms with Crippen LogP contribution < -0.4 is 4.74 Å². The van der Waals surface area contributed by atoms with Gasteiger partial charge in [-0.25, -0.2) is 19.4 Å². The van der Waals surface area contributed by atoms with Crippen molar-refractivity contribution in [1.29, 1.82) is 0 Å². The van der Waals surface area contributed by atoms with Crippen LogP contribution >= 0.6 is 0 Å². The van der Waals surface area contributed by atoms with Crippen LogP contribution in [0.2, 0.25) is 0 Å². The third kappa shape index (κ3) is 3.91. The highest BCUT2D eigenvalue weighted by atomic mass is 19.1. The molecule has 2 aromatic heterocycles. The molecule has 9 heteroatoms. The van der Waals surface area contributed by atoms with Crippen molar-refractivity contribution in [1.82, 2.24) is 29.8 Å². The molecule has 0 radical (unpaired) electrons. The number of hydrogen-bond donors (Lipinski definition) is 0. The number of ether oxygens (including phenoxy) is 1. The minimum atomic E-state index is -0.342. The third-order valence-corrected chi connectivity index (χ3v) is 6.78. The molecule has 0 spiro atoms. The minimum absolute atomic E-state index is 0.0434. The highest BCUT2D eigenvalue weighted by Gasteiger charge is 2.47. The van der Waals surface area contributed by atoms with E-state index in [9.17, 15) is 9.18 Å². The SMILES string of the molecule is Cc1cc(C(=O)N2C[C@@H]3COc4cc(F)ccc4[C@@H]3N2Cc2cccc(-c3ncccn3)c2)n(C)n1. The predicted octanol–water partition coefficient (Wildman–Crippen LogP) is 3.95. The standard InChI is InChI=1S/C27H25FN6O2/c1-17-11-23(32(2)31-17)27(35)34-15-20-16-36-24-13-21(28)7-8-22(24)25(20)33(34)14-18-5-3-6-19(12-18)26-29-9-4-10-30-26/h3-13,20,25H,14-16H2,1-2H3/t20-,25-/m1/s1. The Morgan fingerprint density at radius 2 is 1.94 bits per heavy atom. The number of halogens is 1. The average molecular weight is 485 g/mol. The lowest BCUT2D eigenvalue weighted by atomic mass is 9.91. The Labute approximate surface area is 207 Å². The molecule has 1 amide bonds. The van der Waals surface area contributed by atoms with E-state index >= 15 is 0 Å². The van der Waals surface area contributed by atoms with E-state index in [1.807, 2.05) is 31.2 Å². The number of carbonyl (C=O) groups excluding carboxylic acids is 1. The van der Waals surface area contributed by atoms with E-state index in [1.54, 1.807) is 47.3 Å². The van der Waals surface area contributed by atoms with Gasteiger partial charge in [-0.15, -0.1) is 0 Å². The molecule has 4 aromatic rings. The Kier molecular flexibility index (Phi) is 5.49. The summed E-state index contributed by atoms with van der Waals surface area (Å²) in [5.41, 5.74) is 4.09. The molecule has 1 saturated heterocycles. The number of rotatable bonds is 4. The summed E-state index contributed by atoms with van der Waals surface area (Å²) in [6.07, 6.45) is 3.43. The van der Waals surface area contributed by atoms with Crippen LogP contribution in [0.15, 0.2) is 67.0 Å². The number of nitrogens with zero attached hydrogens (tertiary/aromatic N) is 6. The van der Waals surface area contributed by atoms with E-state index in [4.69, 9.17) is 4.74 Å². The maximum atomic E-state index is 14.0. The molecule has 2 aromatic carbocycles. The van der Waals surface area contributed by atoms with Crippen LogP contribution in [0.25, 0.3) is 11.4 Å². The quantitative estimate of drug-likeness (QED) is 0.437. The fourth-order valence-corrected chi connectivity index (χ4v) is 5.22. The van der Waals surface area contributed by atoms with Crippen molar-refractivity contribution in [3.8, 4) is 17.1 Å². The van der Waals surface area contributed by atoms with Crippen molar-refractivity contribution in [3.63, 3.8) is 0 Å². The molecule has 0 aliphatic carbocycles. The zero-order chi connectivity index (χ0) is 24.8. The summed E-state index contributed by atoms with van der Waals surface area (Å²) in [4.78, 5) is 22.5. The van der Waals surface area contributed by atoms with Gasteiger partial charge in [-0.2, -0.15) is 5.10 Å². The van der Waals surface area contributed by atoms with Crippen molar-refractivity contribution in [2.24, 2.45) is 13.0 Å². The second-order valence-electron chi connectivity index (χ2n) is 9.25. The number of aryl methyl sites for hydroxylation is 2. The second kappa shape index (κ2) is 8.83. The van der Waals surface area contributed by atoms with Crippen molar-refractivity contribution < 1.29 is 13.9 Å². The molecule has 2 aliphatic heterocycles. The van der Waals surface area contributed by atoms with E-state index in [2.05, 4.69) is 20.1 Å². The summed E-state index contributed by atoms with van der Waals surface area (Å²) >= 11 is 0. The number of aromatic nitrogens is 4. The summed E-state index contributed by atoms with van der Waals surface area (Å²) in [6.45, 7) is 3.24. The number of amides is 1. The van der Waals surface area contributed by atoms with Crippen molar-refractivity contribution in [2.75, 3.05) is 13.2 Å². The Bertz CT molecular complexity index is 1440. The maximum absolute atomic E-state index is 14.0. The van der Waals surface area contributed by atoms with Gasteiger partial charge in [0.15, 0.2) is 5.82 Å². The van der Waals surface area contributed by atoms with Crippen molar-refractivity contribution in [3.05, 3.63) is 95.3 Å². The van der Waals surface area contributed by atoms with E-state index in [1.165, 1.54) is 12.1 Å². The molecule has 0 saturated carbocycles. The second-order valence-corrected chi connectivity index (χ2v) is 9.25. The molecule has 8 nitrogen and oxygen atoms in total. The van der Waals surface area contributed by atoms with Crippen LogP contribution in [-0.4, -0.2) is 48.8 Å². The Hall–Kier alpha value is -4.11. The first kappa shape index (κ1) is 22.4. The summed E-state index contributed by atoms with van der Waals surface area (Å²) in [7, 11) is 1.78. The molecule has 4 heterocycles. The van der Waals surface area contributed by atoms with Crippen LogP contribution in [0, 0.1) is 18.7 Å². The molecule has 0 bridgehead atoms. The van der Waals surface area contributed by atoms with Crippen molar-refractivity contribution >= 4 is 5.91 Å². The van der Waals surface area contributed by atoms with Gasteiger partial charge < -0.3 is 4.74 Å². The van der Waals surface area contributed by atoms with Crippen LogP contribution in [-0.2, 0) is 13.6 Å². The molecule has 2 aliphatic rings. The first-order valence-corrected chi connectivity index (χ1v) is 11.9. The summed E-state index contributed by atoms with van der Waals surface area (Å²) in [6, 6.07) is 16.1. The van der Waals surface area contributed by atoms with Gasteiger partial charge in [0.2, 0.25) is 0 Å². The number of carbonyl (C=O) groups is 1. The van der Waals surface area contributed by atoms with Gasteiger partial charge in [0.05, 0.1) is 18.3 Å². The Balaban J connectivity index is 1.40. The van der Waals surface area contributed by atoms with Gasteiger partial charge in [-0.3, -0.25) is 14.5 Å². The summed E-state index contributed by atoms with van der Waals surface area (Å²) in [5, 5.41) is 8.24. The fraction of sp³-hybridized carbons (Fsp3) is 0.259. The summed E-state index contributed by atoms with van der Waals surface area (Å²) < 4.78 is 21.5. The molecular formula is C27H25FN6O2. The van der Waals surface area contributed by atoms with Gasteiger partial charge in [-0.1, -0.05) is 24.3 Å². The monoisotopic (exact) mass is 484 g/mol. The molecule has 6 rings (SSSR count). The number of fused-ring (bicyclic) bond motifs is 3. The van der Waals surface area contributed by atoms with E-state index in [0.29, 0.717) is 37.0 Å². The first-order chi connectivity index (χ1) is 17.5. The van der Waals surface area contributed by atoms with E-state index in [-0.39, 0.29) is 23.7 Å². The molecule has 2 atom stereocenters. The van der Waals surface area contributed by atoms with Gasteiger partial charge in [-0.05, 0) is 36.8 Å². The first-order valence-electron chi connectivity index (χ1n) is 11.9. The lowest BCUT2D eigenvalue weighted by Gasteiger charge is -2.35. The average Bonchev–Trinajstić information content (AvgIpc) is 3.43. The topological polar surface area (TPSA) is 76.4 Å². The molecule has 36 heavy (non-hydrogen) atoms. The highest BCUT2D eigenvalue weighted by molar-refractivity contribution is 5.92. The number of hydrogen-bond acceptors (Lipinski definition) is 6. The van der Waals surface area contributed by atoms with Crippen LogP contribution in [0.4, 0.5) is 4.39 Å². The molecule has 0 unspecified atom stereocenters. The smallest absolute Gasteiger partial charge is 0.286 e. The summed E-state index contributed by atoms with van der Waals surface area (Å²) in [5.74, 6) is 0.744. The molecule has 1 fully saturated rings. The fourth-order valence-electron chi connectivity index (χ4n) is 5.22. The lowest BCUT2D eigenvalue weighted by Crippen LogP contribution is -2.42. The number of benzene rings is 2. The number of hydrazine groups is 1. The van der Waals surface area contributed by atoms with E-state index in [0.717, 1.165) is 22.4 Å². The van der Waals surface area contributed by atoms with Gasteiger partial charge in [0.25, 0.3) is 5.91 Å². The van der Waals surface area contributed by atoms with Crippen molar-refractivity contribution in [2.45, 2.75) is 19.5 Å². The van der Waals surface area contributed by atoms with Gasteiger partial charge in [0, 0.05) is 55.6 Å². The zero-order valence-corrected chi connectivity index (χ0v) is 20.0. The molecule has 182 valence electrons. The largest absolute Gasteiger partial charge is 0.493 e. The van der Waals surface area contributed by atoms with Crippen LogP contribution in [0.3, 0.4) is 0 Å². The molecular weight excluding hydrogens is 459 g/mol. The van der Waals surface area contributed by atoms with Gasteiger partial charge in [0.1, 0.15) is 17.3 Å². The minimum Gasteiger partial charge on any atom is -0.493 e. The lowest BCUT2D eigenvalue weighted by molar-refractivity contribution is -0.00672. The Morgan fingerprint density at radius 1 is 1.11 bits per heavy atom. The van der Waals surface area contributed by atoms with Crippen LogP contribution in [0.1, 0.15) is 33.4 Å². The predicted molar refractivity (Wildman–Crippen MR) is 130 cm³/mol.